The second-order valence-corrected chi connectivity index (χ2v) is 5.97. The normalized spacial score (nSPS) is 13.8. The van der Waals surface area contributed by atoms with Gasteiger partial charge in [0.25, 0.3) is 0 Å². The highest BCUT2D eigenvalue weighted by atomic mass is 32.1. The lowest BCUT2D eigenvalue weighted by atomic mass is 9.84. The van der Waals surface area contributed by atoms with Crippen LogP contribution in [0.25, 0.3) is 0 Å². The lowest BCUT2D eigenvalue weighted by Crippen LogP contribution is -2.45. The maximum atomic E-state index is 5.90. The summed E-state index contributed by atoms with van der Waals surface area (Å²) in [7, 11) is 1.84. The topological polar surface area (TPSA) is 21.3 Å². The summed E-state index contributed by atoms with van der Waals surface area (Å²) in [5.41, 5.74) is 1.28. The smallest absolute Gasteiger partial charge is 0.0867 e. The van der Waals surface area contributed by atoms with Crippen LogP contribution < -0.4 is 5.32 Å². The highest BCUT2D eigenvalue weighted by Gasteiger charge is 2.36. The molecule has 3 heteroatoms. The van der Waals surface area contributed by atoms with Crippen molar-refractivity contribution in [2.24, 2.45) is 0 Å². The van der Waals surface area contributed by atoms with Crippen molar-refractivity contribution >= 4 is 11.3 Å². The van der Waals surface area contributed by atoms with Gasteiger partial charge in [-0.05, 0) is 49.7 Å². The molecule has 0 saturated carbocycles. The summed E-state index contributed by atoms with van der Waals surface area (Å²) in [5, 5.41) is 5.94. The summed E-state index contributed by atoms with van der Waals surface area (Å²) < 4.78 is 5.90. The van der Waals surface area contributed by atoms with Gasteiger partial charge in [0, 0.05) is 12.0 Å². The SMILES string of the molecule is CCCNC(c1csc(C)c1)C(CC)(CC)OC. The van der Waals surface area contributed by atoms with E-state index in [1.54, 1.807) is 0 Å². The Hall–Kier alpha value is -0.380. The molecule has 1 aromatic heterocycles. The average molecular weight is 269 g/mol. The number of hydrogen-bond acceptors (Lipinski definition) is 3. The Morgan fingerprint density at radius 1 is 1.33 bits per heavy atom. The molecular weight excluding hydrogens is 242 g/mol. The van der Waals surface area contributed by atoms with Crippen LogP contribution in [0.3, 0.4) is 0 Å². The van der Waals surface area contributed by atoms with E-state index in [-0.39, 0.29) is 5.60 Å². The van der Waals surface area contributed by atoms with Crippen molar-refractivity contribution in [3.63, 3.8) is 0 Å². The Morgan fingerprint density at radius 3 is 2.39 bits per heavy atom. The van der Waals surface area contributed by atoms with E-state index >= 15 is 0 Å². The van der Waals surface area contributed by atoms with Gasteiger partial charge in [0.15, 0.2) is 0 Å². The summed E-state index contributed by atoms with van der Waals surface area (Å²) in [6.07, 6.45) is 3.19. The van der Waals surface area contributed by atoms with Crippen LogP contribution in [0.2, 0.25) is 0 Å². The Bertz CT molecular complexity index is 336. The highest BCUT2D eigenvalue weighted by molar-refractivity contribution is 7.10. The average Bonchev–Trinajstić information content (AvgIpc) is 2.81. The van der Waals surface area contributed by atoms with Gasteiger partial charge in [0.1, 0.15) is 0 Å². The molecule has 1 heterocycles. The summed E-state index contributed by atoms with van der Waals surface area (Å²) in [6, 6.07) is 2.58. The summed E-state index contributed by atoms with van der Waals surface area (Å²) in [5.74, 6) is 0. The quantitative estimate of drug-likeness (QED) is 0.759. The highest BCUT2D eigenvalue weighted by Crippen LogP contribution is 2.36. The van der Waals surface area contributed by atoms with Crippen LogP contribution in [0.5, 0.6) is 0 Å². The molecule has 1 rings (SSSR count). The molecule has 1 N–H and O–H groups in total. The van der Waals surface area contributed by atoms with Crippen molar-refractivity contribution in [1.82, 2.24) is 5.32 Å². The first-order valence-corrected chi connectivity index (χ1v) is 7.85. The maximum absolute atomic E-state index is 5.90. The first-order valence-electron chi connectivity index (χ1n) is 6.97. The molecule has 0 aliphatic rings. The molecule has 1 aromatic rings. The molecule has 2 nitrogen and oxygen atoms in total. The molecule has 0 aliphatic heterocycles. The zero-order valence-corrected chi connectivity index (χ0v) is 13.2. The number of methoxy groups -OCH3 is 1. The van der Waals surface area contributed by atoms with Gasteiger partial charge in [0.05, 0.1) is 11.6 Å². The molecule has 104 valence electrons. The molecule has 1 atom stereocenters. The number of hydrogen-bond donors (Lipinski definition) is 1. The molecule has 0 bridgehead atoms. The molecule has 0 spiro atoms. The lowest BCUT2D eigenvalue weighted by molar-refractivity contribution is -0.0484. The van der Waals surface area contributed by atoms with Crippen LogP contribution in [0.4, 0.5) is 0 Å². The Balaban J connectivity index is 3.02. The first kappa shape index (κ1) is 15.7. The second-order valence-electron chi connectivity index (χ2n) is 4.85. The predicted octanol–water partition coefficient (Wildman–Crippen LogP) is 4.30. The molecule has 1 unspecified atom stereocenters. The van der Waals surface area contributed by atoms with Gasteiger partial charge in [0.2, 0.25) is 0 Å². The van der Waals surface area contributed by atoms with Crippen LogP contribution in [0.15, 0.2) is 11.4 Å². The van der Waals surface area contributed by atoms with E-state index in [0.29, 0.717) is 6.04 Å². The van der Waals surface area contributed by atoms with Gasteiger partial charge < -0.3 is 10.1 Å². The Labute approximate surface area is 116 Å². The van der Waals surface area contributed by atoms with Gasteiger partial charge in [-0.3, -0.25) is 0 Å². The molecule has 0 amide bonds. The number of ether oxygens (including phenoxy) is 1. The Kier molecular flexibility index (Phi) is 6.33. The van der Waals surface area contributed by atoms with Crippen LogP contribution in [0, 0.1) is 6.92 Å². The van der Waals surface area contributed by atoms with Crippen LogP contribution in [-0.2, 0) is 4.74 Å². The zero-order chi connectivity index (χ0) is 13.6. The Morgan fingerprint density at radius 2 is 2.00 bits per heavy atom. The molecule has 0 saturated heterocycles. The van der Waals surface area contributed by atoms with E-state index in [0.717, 1.165) is 25.8 Å². The van der Waals surface area contributed by atoms with E-state index in [2.05, 4.69) is 44.5 Å². The fourth-order valence-corrected chi connectivity index (χ4v) is 3.31. The second kappa shape index (κ2) is 7.27. The summed E-state index contributed by atoms with van der Waals surface area (Å²) in [4.78, 5) is 1.37. The lowest BCUT2D eigenvalue weighted by Gasteiger charge is -2.39. The zero-order valence-electron chi connectivity index (χ0n) is 12.4. The largest absolute Gasteiger partial charge is 0.376 e. The van der Waals surface area contributed by atoms with Gasteiger partial charge in [-0.2, -0.15) is 0 Å². The summed E-state index contributed by atoms with van der Waals surface area (Å²) >= 11 is 1.82. The number of nitrogens with one attached hydrogen (secondary N) is 1. The molecule has 0 radical (unpaired) electrons. The number of aryl methyl sites for hydroxylation is 1. The van der Waals surface area contributed by atoms with Crippen molar-refractivity contribution in [2.45, 2.75) is 58.6 Å². The van der Waals surface area contributed by atoms with Crippen molar-refractivity contribution in [2.75, 3.05) is 13.7 Å². The third kappa shape index (κ3) is 3.34. The van der Waals surface area contributed by atoms with Crippen molar-refractivity contribution < 1.29 is 4.74 Å². The predicted molar refractivity (Wildman–Crippen MR) is 80.4 cm³/mol. The van der Waals surface area contributed by atoms with Crippen molar-refractivity contribution in [3.05, 3.63) is 21.9 Å². The van der Waals surface area contributed by atoms with Gasteiger partial charge in [-0.15, -0.1) is 11.3 Å². The monoisotopic (exact) mass is 269 g/mol. The van der Waals surface area contributed by atoms with E-state index in [9.17, 15) is 0 Å². The third-order valence-electron chi connectivity index (χ3n) is 3.81. The minimum atomic E-state index is -0.0946. The van der Waals surface area contributed by atoms with Crippen molar-refractivity contribution in [1.29, 1.82) is 0 Å². The maximum Gasteiger partial charge on any atom is 0.0867 e. The van der Waals surface area contributed by atoms with E-state index < -0.39 is 0 Å². The molecular formula is C15H27NOS. The van der Waals surface area contributed by atoms with Crippen LogP contribution in [0.1, 0.15) is 56.5 Å². The van der Waals surface area contributed by atoms with Crippen LogP contribution in [-0.4, -0.2) is 19.3 Å². The first-order chi connectivity index (χ1) is 8.63. The number of rotatable bonds is 8. The minimum absolute atomic E-state index is 0.0946. The fraction of sp³-hybridized carbons (Fsp3) is 0.733. The van der Waals surface area contributed by atoms with Crippen molar-refractivity contribution in [3.8, 4) is 0 Å². The van der Waals surface area contributed by atoms with E-state index in [1.165, 1.54) is 10.4 Å². The molecule has 0 aliphatic carbocycles. The minimum Gasteiger partial charge on any atom is -0.376 e. The molecule has 0 aromatic carbocycles. The molecule has 18 heavy (non-hydrogen) atoms. The van der Waals surface area contributed by atoms with Gasteiger partial charge in [-0.1, -0.05) is 20.8 Å². The fourth-order valence-electron chi connectivity index (χ4n) is 2.58. The van der Waals surface area contributed by atoms with E-state index in [1.807, 2.05) is 18.4 Å². The van der Waals surface area contributed by atoms with Gasteiger partial charge >= 0.3 is 0 Å². The third-order valence-corrected chi connectivity index (χ3v) is 4.69. The standard InChI is InChI=1S/C15H27NOS/c1-6-9-16-14(13-10-12(4)18-11-13)15(7-2,8-3)17-5/h10-11,14,16H,6-9H2,1-5H3. The number of thiophene rings is 1. The summed E-state index contributed by atoms with van der Waals surface area (Å²) in [6.45, 7) is 9.83. The van der Waals surface area contributed by atoms with Crippen LogP contribution >= 0.6 is 11.3 Å². The molecule has 0 fully saturated rings. The van der Waals surface area contributed by atoms with Gasteiger partial charge in [-0.25, -0.2) is 0 Å². The van der Waals surface area contributed by atoms with E-state index in [4.69, 9.17) is 4.74 Å².